The molecule has 1 atom stereocenters. The number of guanidine groups is 1. The van der Waals surface area contributed by atoms with Gasteiger partial charge < -0.3 is 10.5 Å². The Hall–Kier alpha value is -4.59. The van der Waals surface area contributed by atoms with Gasteiger partial charge in [-0.25, -0.2) is 19.5 Å². The summed E-state index contributed by atoms with van der Waals surface area (Å²) in [7, 11) is 1.66. The lowest BCUT2D eigenvalue weighted by atomic mass is 10.1. The summed E-state index contributed by atoms with van der Waals surface area (Å²) >= 11 is 0. The Morgan fingerprint density at radius 2 is 1.73 bits per heavy atom. The molecular weight excluding hydrogens is 414 g/mol. The van der Waals surface area contributed by atoms with Crippen LogP contribution in [0.4, 0.5) is 5.95 Å². The maximum absolute atomic E-state index is 6.21. The monoisotopic (exact) mass is 436 g/mol. The van der Waals surface area contributed by atoms with Crippen LogP contribution >= 0.6 is 0 Å². The molecule has 0 unspecified atom stereocenters. The predicted molar refractivity (Wildman–Crippen MR) is 127 cm³/mol. The molecule has 0 spiro atoms. The van der Waals surface area contributed by atoms with Gasteiger partial charge in [0, 0.05) is 11.8 Å². The number of ether oxygens (including phenoxy) is 1. The van der Waals surface area contributed by atoms with Gasteiger partial charge in [-0.15, -0.1) is 0 Å². The first-order valence-electron chi connectivity index (χ1n) is 10.6. The molecule has 0 aliphatic carbocycles. The van der Waals surface area contributed by atoms with E-state index in [0.717, 1.165) is 45.2 Å². The Labute approximate surface area is 190 Å². The van der Waals surface area contributed by atoms with Crippen molar-refractivity contribution in [2.45, 2.75) is 6.17 Å². The number of imidazole rings is 1. The summed E-state index contributed by atoms with van der Waals surface area (Å²) in [6.07, 6.45) is 1.63. The normalized spacial score (nSPS) is 15.1. The highest BCUT2D eigenvalue weighted by molar-refractivity contribution is 5.92. The molecule has 8 heteroatoms. The number of para-hydroxylation sites is 3. The van der Waals surface area contributed by atoms with Gasteiger partial charge in [-0.1, -0.05) is 30.3 Å². The average Bonchev–Trinajstić information content (AvgIpc) is 3.46. The molecule has 6 rings (SSSR count). The molecule has 0 saturated carbocycles. The molecule has 4 N–H and O–H groups in total. The Balaban J connectivity index is 1.58. The van der Waals surface area contributed by atoms with Crippen molar-refractivity contribution in [3.8, 4) is 22.7 Å². The smallest absolute Gasteiger partial charge is 0.365 e. The van der Waals surface area contributed by atoms with Crippen LogP contribution in [-0.2, 0) is 0 Å². The Kier molecular flexibility index (Phi) is 4.36. The van der Waals surface area contributed by atoms with Gasteiger partial charge in [0.1, 0.15) is 22.5 Å². The van der Waals surface area contributed by atoms with Gasteiger partial charge in [-0.2, -0.15) is 10.1 Å². The van der Waals surface area contributed by atoms with Crippen LogP contribution in [0.5, 0.6) is 5.75 Å². The highest BCUT2D eigenvalue weighted by Crippen LogP contribution is 2.32. The fourth-order valence-electron chi connectivity index (χ4n) is 4.26. The second-order valence-electron chi connectivity index (χ2n) is 7.82. The minimum Gasteiger partial charge on any atom is -0.497 e. The summed E-state index contributed by atoms with van der Waals surface area (Å²) in [5.74, 6) is 1.92. The molecule has 0 amide bonds. The Morgan fingerprint density at radius 1 is 0.970 bits per heavy atom. The number of hydrogen-bond acceptors (Lipinski definition) is 5. The van der Waals surface area contributed by atoms with Gasteiger partial charge in [0.15, 0.2) is 0 Å². The van der Waals surface area contributed by atoms with E-state index in [1.54, 1.807) is 7.11 Å². The largest absolute Gasteiger partial charge is 0.497 e. The first kappa shape index (κ1) is 19.1. The average molecular weight is 436 g/mol. The Morgan fingerprint density at radius 3 is 2.52 bits per heavy atom. The summed E-state index contributed by atoms with van der Waals surface area (Å²) in [4.78, 5) is 8.20. The highest BCUT2D eigenvalue weighted by atomic mass is 16.5. The molecule has 0 saturated heterocycles. The molecular formula is C25H22N7O+. The van der Waals surface area contributed by atoms with E-state index in [1.165, 1.54) is 0 Å². The second kappa shape index (κ2) is 7.52. The summed E-state index contributed by atoms with van der Waals surface area (Å²) in [5, 5.41) is 8.12. The minimum atomic E-state index is -0.396. The molecule has 33 heavy (non-hydrogen) atoms. The van der Waals surface area contributed by atoms with Crippen LogP contribution in [0.3, 0.4) is 0 Å². The fraction of sp³-hybridized carbons (Fsp3) is 0.0800. The summed E-state index contributed by atoms with van der Waals surface area (Å²) in [5.41, 5.74) is 11.9. The zero-order chi connectivity index (χ0) is 22.4. The number of aliphatic imine (C=N–C) groups is 1. The van der Waals surface area contributed by atoms with Crippen molar-refractivity contribution >= 4 is 22.9 Å². The number of aromatic amines is 1. The van der Waals surface area contributed by atoms with Crippen LogP contribution in [0.25, 0.3) is 28.0 Å². The molecule has 3 heterocycles. The van der Waals surface area contributed by atoms with Gasteiger partial charge in [-0.05, 0) is 48.5 Å². The molecule has 162 valence electrons. The fourth-order valence-corrected chi connectivity index (χ4v) is 4.26. The van der Waals surface area contributed by atoms with Crippen LogP contribution in [0.15, 0.2) is 90.1 Å². The van der Waals surface area contributed by atoms with Gasteiger partial charge in [-0.3, -0.25) is 0 Å². The van der Waals surface area contributed by atoms with Crippen LogP contribution in [0.2, 0.25) is 0 Å². The van der Waals surface area contributed by atoms with E-state index in [0.29, 0.717) is 5.96 Å². The maximum Gasteiger partial charge on any atom is 0.365 e. The molecule has 1 aliphatic heterocycles. The van der Waals surface area contributed by atoms with Crippen LogP contribution in [-0.4, -0.2) is 27.8 Å². The van der Waals surface area contributed by atoms with Crippen LogP contribution in [0, 0.1) is 0 Å². The number of nitrogens with two attached hydrogens (primary N) is 1. The number of H-pyrrole nitrogens is 1. The SMILES string of the molecule is COc1ccc(-c2nn(-c3ccccc3)cc2[C@H]2N=C(N)Nc3[nH]c4ccccc4[n+]32)cc1. The van der Waals surface area contributed by atoms with Crippen molar-refractivity contribution < 1.29 is 9.30 Å². The van der Waals surface area contributed by atoms with E-state index in [2.05, 4.69) is 20.9 Å². The van der Waals surface area contributed by atoms with Crippen molar-refractivity contribution in [3.63, 3.8) is 0 Å². The molecule has 5 aromatic rings. The topological polar surface area (TPSA) is 97.1 Å². The molecule has 3 aromatic carbocycles. The van der Waals surface area contributed by atoms with Crippen LogP contribution < -0.4 is 20.4 Å². The Bertz CT molecular complexity index is 1480. The third-order valence-electron chi connectivity index (χ3n) is 5.81. The predicted octanol–water partition coefficient (Wildman–Crippen LogP) is 3.60. The van der Waals surface area contributed by atoms with Gasteiger partial charge in [0.25, 0.3) is 5.96 Å². The number of fused-ring (bicyclic) bond motifs is 3. The summed E-state index contributed by atoms with van der Waals surface area (Å²) in [6, 6.07) is 26.0. The third-order valence-corrected chi connectivity index (χ3v) is 5.81. The molecule has 1 aliphatic rings. The van der Waals surface area contributed by atoms with Crippen molar-refractivity contribution in [1.29, 1.82) is 0 Å². The highest BCUT2D eigenvalue weighted by Gasteiger charge is 2.34. The quantitative estimate of drug-likeness (QED) is 0.375. The number of methoxy groups -OCH3 is 1. The number of benzene rings is 3. The van der Waals surface area contributed by atoms with Gasteiger partial charge >= 0.3 is 5.95 Å². The lowest BCUT2D eigenvalue weighted by Gasteiger charge is -2.18. The first-order chi connectivity index (χ1) is 16.2. The summed E-state index contributed by atoms with van der Waals surface area (Å²) in [6.45, 7) is 0. The molecule has 8 nitrogen and oxygen atoms in total. The van der Waals surface area contributed by atoms with E-state index >= 15 is 0 Å². The van der Waals surface area contributed by atoms with Crippen molar-refractivity contribution in [1.82, 2.24) is 14.8 Å². The van der Waals surface area contributed by atoms with Crippen molar-refractivity contribution in [3.05, 3.63) is 90.6 Å². The maximum atomic E-state index is 6.21. The van der Waals surface area contributed by atoms with E-state index in [9.17, 15) is 0 Å². The van der Waals surface area contributed by atoms with Crippen molar-refractivity contribution in [2.24, 2.45) is 10.7 Å². The lowest BCUT2D eigenvalue weighted by Crippen LogP contribution is -2.48. The van der Waals surface area contributed by atoms with E-state index < -0.39 is 6.17 Å². The second-order valence-corrected chi connectivity index (χ2v) is 7.82. The van der Waals surface area contributed by atoms with Gasteiger partial charge in [0.05, 0.1) is 18.4 Å². The van der Waals surface area contributed by atoms with Crippen molar-refractivity contribution in [2.75, 3.05) is 12.4 Å². The van der Waals surface area contributed by atoms with Crippen LogP contribution in [0.1, 0.15) is 11.7 Å². The standard InChI is InChI=1S/C25H21N7O/c1-33-18-13-11-16(12-14-18)22-19(15-31(30-22)17-7-3-2-4-8-17)23-28-24(26)29-25-27-20-9-5-6-10-21(20)32(23)25/h2-15,23H,1H3,(H3,26,27,28,29)/p+1/t23-/m0/s1. The number of nitrogens with one attached hydrogen (secondary N) is 2. The number of hydrogen-bond donors (Lipinski definition) is 3. The van der Waals surface area contributed by atoms with E-state index in [1.807, 2.05) is 83.7 Å². The zero-order valence-corrected chi connectivity index (χ0v) is 17.9. The lowest BCUT2D eigenvalue weighted by molar-refractivity contribution is -0.674. The molecule has 0 fully saturated rings. The van der Waals surface area contributed by atoms with E-state index in [-0.39, 0.29) is 0 Å². The number of nitrogens with zero attached hydrogens (tertiary/aromatic N) is 4. The number of aromatic nitrogens is 4. The molecule has 0 bridgehead atoms. The zero-order valence-electron chi connectivity index (χ0n) is 17.9. The minimum absolute atomic E-state index is 0.347. The molecule has 0 radical (unpaired) electrons. The number of rotatable bonds is 4. The first-order valence-corrected chi connectivity index (χ1v) is 10.6. The summed E-state index contributed by atoms with van der Waals surface area (Å²) < 4.78 is 9.35. The third kappa shape index (κ3) is 3.20. The molecule has 2 aromatic heterocycles. The number of anilines is 1. The van der Waals surface area contributed by atoms with Gasteiger partial charge in [0.2, 0.25) is 6.17 Å². The van der Waals surface area contributed by atoms with E-state index in [4.69, 9.17) is 20.6 Å².